The maximum absolute atomic E-state index is 12.2. The van der Waals surface area contributed by atoms with Gasteiger partial charge in [-0.1, -0.05) is 33.6 Å². The third kappa shape index (κ3) is 2.85. The molecule has 0 radical (unpaired) electrons. The molecule has 1 aromatic heterocycles. The Morgan fingerprint density at radius 2 is 1.83 bits per heavy atom. The number of benzene rings is 2. The Kier molecular flexibility index (Phi) is 4.24. The molecule has 24 heavy (non-hydrogen) atoms. The molecule has 3 aromatic rings. The number of halogens is 1. The van der Waals surface area contributed by atoms with E-state index < -0.39 is 5.91 Å². The highest BCUT2D eigenvalue weighted by Gasteiger charge is 2.17. The second-order valence-electron chi connectivity index (χ2n) is 5.72. The maximum atomic E-state index is 12.2. The van der Waals surface area contributed by atoms with Crippen molar-refractivity contribution >= 4 is 38.4 Å². The second-order valence-corrected chi connectivity index (χ2v) is 6.64. The lowest BCUT2D eigenvalue weighted by Gasteiger charge is -2.01. The molecule has 0 spiro atoms. The first-order valence-corrected chi connectivity index (χ1v) is 8.18. The van der Waals surface area contributed by atoms with Gasteiger partial charge in [-0.2, -0.15) is 0 Å². The zero-order chi connectivity index (χ0) is 17.4. The number of azo groups is 1. The van der Waals surface area contributed by atoms with Gasteiger partial charge in [-0.05, 0) is 43.7 Å². The molecule has 1 N–H and O–H groups in total. The molecule has 0 aliphatic rings. The first kappa shape index (κ1) is 16.4. The van der Waals surface area contributed by atoms with Gasteiger partial charge in [0.25, 0.3) is 5.91 Å². The Balaban J connectivity index is 2.05. The Morgan fingerprint density at radius 3 is 2.50 bits per heavy atom. The normalized spacial score (nSPS) is 11.5. The first-order valence-electron chi connectivity index (χ1n) is 7.38. The minimum atomic E-state index is -0.446. The predicted molar refractivity (Wildman–Crippen MR) is 97.0 cm³/mol. The molecule has 2 aromatic carbocycles. The van der Waals surface area contributed by atoms with Gasteiger partial charge in [0.15, 0.2) is 5.69 Å². The first-order chi connectivity index (χ1) is 11.4. The standard InChI is InChI=1S/C18H16BrN3O2/c1-10-4-6-12(7-5-10)17(23)21-20-15-14-9-13(19)8-11(2)16(14)22(3)18(15)24/h4-9,24H,1-3H3. The summed E-state index contributed by atoms with van der Waals surface area (Å²) in [4.78, 5) is 12.2. The van der Waals surface area contributed by atoms with Crippen LogP contribution in [0.25, 0.3) is 10.9 Å². The zero-order valence-corrected chi connectivity index (χ0v) is 15.1. The van der Waals surface area contributed by atoms with Gasteiger partial charge < -0.3 is 9.67 Å². The van der Waals surface area contributed by atoms with E-state index in [4.69, 9.17) is 0 Å². The molecule has 3 rings (SSSR count). The summed E-state index contributed by atoms with van der Waals surface area (Å²) in [5, 5.41) is 18.9. The number of aryl methyl sites for hydroxylation is 3. The van der Waals surface area contributed by atoms with E-state index in [0.717, 1.165) is 26.5 Å². The van der Waals surface area contributed by atoms with Gasteiger partial charge in [0, 0.05) is 22.5 Å². The largest absolute Gasteiger partial charge is 0.493 e. The highest BCUT2D eigenvalue weighted by molar-refractivity contribution is 9.10. The summed E-state index contributed by atoms with van der Waals surface area (Å²) < 4.78 is 2.52. The number of carbonyl (C=O) groups excluding carboxylic acids is 1. The van der Waals surface area contributed by atoms with Gasteiger partial charge in [0.2, 0.25) is 5.88 Å². The van der Waals surface area contributed by atoms with Gasteiger partial charge in [-0.25, -0.2) is 0 Å². The van der Waals surface area contributed by atoms with Gasteiger partial charge >= 0.3 is 0 Å². The van der Waals surface area contributed by atoms with Crippen LogP contribution in [0.1, 0.15) is 21.5 Å². The van der Waals surface area contributed by atoms with Gasteiger partial charge in [0.1, 0.15) is 0 Å². The fourth-order valence-electron chi connectivity index (χ4n) is 2.69. The zero-order valence-electron chi connectivity index (χ0n) is 13.5. The number of rotatable bonds is 2. The number of amides is 1. The third-order valence-electron chi connectivity index (χ3n) is 3.92. The van der Waals surface area contributed by atoms with Crippen molar-refractivity contribution in [1.82, 2.24) is 4.57 Å². The lowest BCUT2D eigenvalue weighted by atomic mass is 10.1. The lowest BCUT2D eigenvalue weighted by molar-refractivity contribution is 0.0995. The molecule has 0 bridgehead atoms. The summed E-state index contributed by atoms with van der Waals surface area (Å²) in [5.74, 6) is -0.468. The highest BCUT2D eigenvalue weighted by Crippen LogP contribution is 2.40. The van der Waals surface area contributed by atoms with E-state index in [1.807, 2.05) is 38.1 Å². The summed E-state index contributed by atoms with van der Waals surface area (Å²) >= 11 is 3.44. The molecule has 5 nitrogen and oxygen atoms in total. The van der Waals surface area contributed by atoms with Crippen molar-refractivity contribution in [3.8, 4) is 5.88 Å². The van der Waals surface area contributed by atoms with Crippen molar-refractivity contribution in [2.24, 2.45) is 17.3 Å². The Bertz CT molecular complexity index is 972. The van der Waals surface area contributed by atoms with Crippen LogP contribution >= 0.6 is 15.9 Å². The number of nitrogens with zero attached hydrogens (tertiary/aromatic N) is 3. The quantitative estimate of drug-likeness (QED) is 0.616. The van der Waals surface area contributed by atoms with Crippen LogP contribution in [0.2, 0.25) is 0 Å². The molecule has 1 heterocycles. The maximum Gasteiger partial charge on any atom is 0.295 e. The van der Waals surface area contributed by atoms with E-state index in [0.29, 0.717) is 5.56 Å². The van der Waals surface area contributed by atoms with Crippen LogP contribution in [-0.4, -0.2) is 15.6 Å². The molecular weight excluding hydrogens is 370 g/mol. The summed E-state index contributed by atoms with van der Waals surface area (Å²) in [6, 6.07) is 10.9. The molecule has 0 unspecified atom stereocenters. The number of fused-ring (bicyclic) bond motifs is 1. The van der Waals surface area contributed by atoms with Crippen LogP contribution in [0.4, 0.5) is 5.69 Å². The van der Waals surface area contributed by atoms with Crippen LogP contribution in [-0.2, 0) is 7.05 Å². The third-order valence-corrected chi connectivity index (χ3v) is 4.38. The Hall–Kier alpha value is -2.47. The van der Waals surface area contributed by atoms with Crippen LogP contribution in [0.3, 0.4) is 0 Å². The van der Waals surface area contributed by atoms with Crippen molar-refractivity contribution in [2.45, 2.75) is 13.8 Å². The summed E-state index contributed by atoms with van der Waals surface area (Å²) in [7, 11) is 1.75. The van der Waals surface area contributed by atoms with Crippen molar-refractivity contribution < 1.29 is 9.90 Å². The van der Waals surface area contributed by atoms with E-state index in [9.17, 15) is 9.90 Å². The summed E-state index contributed by atoms with van der Waals surface area (Å²) in [6.07, 6.45) is 0. The molecule has 0 saturated carbocycles. The van der Waals surface area contributed by atoms with Crippen molar-refractivity contribution in [3.63, 3.8) is 0 Å². The van der Waals surface area contributed by atoms with Gasteiger partial charge in [0.05, 0.1) is 5.52 Å². The van der Waals surface area contributed by atoms with Crippen LogP contribution in [0, 0.1) is 13.8 Å². The molecule has 122 valence electrons. The second kappa shape index (κ2) is 6.20. The fourth-order valence-corrected chi connectivity index (χ4v) is 3.27. The van der Waals surface area contributed by atoms with E-state index >= 15 is 0 Å². The number of hydrogen-bond acceptors (Lipinski definition) is 3. The van der Waals surface area contributed by atoms with Gasteiger partial charge in [-0.3, -0.25) is 4.79 Å². The van der Waals surface area contributed by atoms with Crippen LogP contribution < -0.4 is 0 Å². The summed E-state index contributed by atoms with van der Waals surface area (Å²) in [6.45, 7) is 3.90. The average molecular weight is 386 g/mol. The number of carbonyl (C=O) groups is 1. The van der Waals surface area contributed by atoms with E-state index in [2.05, 4.69) is 26.2 Å². The predicted octanol–water partition coefficient (Wildman–Crippen LogP) is 5.19. The average Bonchev–Trinajstić information content (AvgIpc) is 2.77. The topological polar surface area (TPSA) is 66.9 Å². The molecule has 1 amide bonds. The van der Waals surface area contributed by atoms with Crippen molar-refractivity contribution in [3.05, 3.63) is 57.6 Å². The minimum Gasteiger partial charge on any atom is -0.493 e. The molecular formula is C18H16BrN3O2. The fraction of sp³-hybridized carbons (Fsp3) is 0.167. The SMILES string of the molecule is Cc1ccc(C(=O)N=Nc2c(O)n(C)c3c(C)cc(Br)cc23)cc1. The Labute approximate surface area is 147 Å². The number of aromatic hydroxyl groups is 1. The number of hydrogen-bond donors (Lipinski definition) is 1. The molecule has 0 saturated heterocycles. The molecule has 6 heteroatoms. The minimum absolute atomic E-state index is 0.0216. The smallest absolute Gasteiger partial charge is 0.295 e. The van der Waals surface area contributed by atoms with Crippen LogP contribution in [0.15, 0.2) is 51.1 Å². The highest BCUT2D eigenvalue weighted by atomic mass is 79.9. The molecule has 0 aliphatic carbocycles. The molecule has 0 fully saturated rings. The van der Waals surface area contributed by atoms with E-state index in [-0.39, 0.29) is 11.6 Å². The van der Waals surface area contributed by atoms with Crippen LogP contribution in [0.5, 0.6) is 5.88 Å². The monoisotopic (exact) mass is 385 g/mol. The summed E-state index contributed by atoms with van der Waals surface area (Å²) in [5.41, 5.74) is 3.66. The van der Waals surface area contributed by atoms with E-state index in [1.54, 1.807) is 23.7 Å². The number of aromatic nitrogens is 1. The van der Waals surface area contributed by atoms with Crippen molar-refractivity contribution in [2.75, 3.05) is 0 Å². The molecule has 0 atom stereocenters. The molecule has 0 aliphatic heterocycles. The van der Waals surface area contributed by atoms with Gasteiger partial charge in [-0.15, -0.1) is 10.2 Å². The Morgan fingerprint density at radius 1 is 1.17 bits per heavy atom. The lowest BCUT2D eigenvalue weighted by Crippen LogP contribution is -1.93. The van der Waals surface area contributed by atoms with Crippen molar-refractivity contribution in [1.29, 1.82) is 0 Å². The van der Waals surface area contributed by atoms with E-state index in [1.165, 1.54) is 0 Å².